The van der Waals surface area contributed by atoms with Gasteiger partial charge in [0, 0.05) is 23.7 Å². The largest absolute Gasteiger partial charge is 0.299 e. The molecule has 0 N–H and O–H groups in total. The first kappa shape index (κ1) is 10.5. The summed E-state index contributed by atoms with van der Waals surface area (Å²) < 4.78 is 0. The van der Waals surface area contributed by atoms with Gasteiger partial charge < -0.3 is 0 Å². The summed E-state index contributed by atoms with van der Waals surface area (Å²) in [6, 6.07) is 0. The van der Waals surface area contributed by atoms with Crippen LogP contribution in [0.2, 0.25) is 0 Å². The topological polar surface area (TPSA) is 34.1 Å². The molecule has 3 aliphatic rings. The maximum absolute atomic E-state index is 12.4. The number of ketones is 2. The zero-order valence-electron chi connectivity index (χ0n) is 9.78. The minimum absolute atomic E-state index is 0.112. The summed E-state index contributed by atoms with van der Waals surface area (Å²) in [6.07, 6.45) is 8.54. The van der Waals surface area contributed by atoms with Crippen LogP contribution in [-0.2, 0) is 9.59 Å². The third-order valence-electron chi connectivity index (χ3n) is 4.99. The van der Waals surface area contributed by atoms with Gasteiger partial charge in [-0.3, -0.25) is 9.59 Å². The molecule has 88 valence electrons. The van der Waals surface area contributed by atoms with Crippen LogP contribution in [0.5, 0.6) is 0 Å². The first-order valence-electron chi connectivity index (χ1n) is 6.86. The molecule has 0 saturated heterocycles. The standard InChI is InChI=1S/C14H20O2/c15-13-9-5-1-2-6-10(9)14(16)12-8-4-3-7-11(12)13/h9-12H,1-8H2. The summed E-state index contributed by atoms with van der Waals surface area (Å²) in [6.45, 7) is 0. The van der Waals surface area contributed by atoms with E-state index in [4.69, 9.17) is 0 Å². The van der Waals surface area contributed by atoms with Crippen LogP contribution in [0.1, 0.15) is 51.4 Å². The predicted octanol–water partition coefficient (Wildman–Crippen LogP) is 2.75. The zero-order valence-corrected chi connectivity index (χ0v) is 9.78. The van der Waals surface area contributed by atoms with Gasteiger partial charge in [-0.2, -0.15) is 0 Å². The zero-order chi connectivity index (χ0) is 11.1. The molecule has 3 fully saturated rings. The maximum Gasteiger partial charge on any atom is 0.140 e. The number of Topliss-reactive ketones (excluding diaryl/α,β-unsaturated/α-hetero) is 2. The van der Waals surface area contributed by atoms with E-state index in [0.717, 1.165) is 51.4 Å². The van der Waals surface area contributed by atoms with E-state index in [1.807, 2.05) is 0 Å². The van der Waals surface area contributed by atoms with Gasteiger partial charge >= 0.3 is 0 Å². The molecule has 0 aromatic rings. The van der Waals surface area contributed by atoms with Gasteiger partial charge in [0.05, 0.1) is 0 Å². The SMILES string of the molecule is O=C1C2CCCCC2C(=O)C2CCCCC12. The third-order valence-corrected chi connectivity index (χ3v) is 4.99. The molecule has 2 heteroatoms. The van der Waals surface area contributed by atoms with Crippen LogP contribution in [0, 0.1) is 23.7 Å². The highest BCUT2D eigenvalue weighted by molar-refractivity contribution is 5.99. The Morgan fingerprint density at radius 1 is 0.562 bits per heavy atom. The van der Waals surface area contributed by atoms with Crippen LogP contribution in [0.15, 0.2) is 0 Å². The monoisotopic (exact) mass is 220 g/mol. The van der Waals surface area contributed by atoms with Gasteiger partial charge in [0.25, 0.3) is 0 Å². The van der Waals surface area contributed by atoms with Crippen molar-refractivity contribution < 1.29 is 9.59 Å². The van der Waals surface area contributed by atoms with Crippen molar-refractivity contribution in [1.29, 1.82) is 0 Å². The molecule has 0 aromatic heterocycles. The Kier molecular flexibility index (Phi) is 2.61. The summed E-state index contributed by atoms with van der Waals surface area (Å²) >= 11 is 0. The molecule has 0 spiro atoms. The van der Waals surface area contributed by atoms with Crippen molar-refractivity contribution in [2.45, 2.75) is 51.4 Å². The van der Waals surface area contributed by atoms with Gasteiger partial charge in [-0.05, 0) is 25.7 Å². The molecular weight excluding hydrogens is 200 g/mol. The average molecular weight is 220 g/mol. The van der Waals surface area contributed by atoms with Crippen LogP contribution in [0.25, 0.3) is 0 Å². The first-order chi connectivity index (χ1) is 7.79. The summed E-state index contributed by atoms with van der Waals surface area (Å²) in [4.78, 5) is 24.8. The second kappa shape index (κ2) is 3.97. The molecule has 0 aliphatic heterocycles. The lowest BCUT2D eigenvalue weighted by molar-refractivity contribution is -0.150. The van der Waals surface area contributed by atoms with Gasteiger partial charge in [-0.25, -0.2) is 0 Å². The lowest BCUT2D eigenvalue weighted by atomic mass is 9.58. The summed E-state index contributed by atoms with van der Waals surface area (Å²) in [7, 11) is 0. The normalized spacial score (nSPS) is 43.8. The van der Waals surface area contributed by atoms with E-state index in [9.17, 15) is 9.59 Å². The van der Waals surface area contributed by atoms with Crippen molar-refractivity contribution in [3.63, 3.8) is 0 Å². The van der Waals surface area contributed by atoms with E-state index in [2.05, 4.69) is 0 Å². The van der Waals surface area contributed by atoms with Crippen LogP contribution in [0.3, 0.4) is 0 Å². The maximum atomic E-state index is 12.4. The summed E-state index contributed by atoms with van der Waals surface area (Å²) in [5, 5.41) is 0. The lowest BCUT2D eigenvalue weighted by Gasteiger charge is -2.43. The van der Waals surface area contributed by atoms with E-state index < -0.39 is 0 Å². The highest BCUT2D eigenvalue weighted by atomic mass is 16.1. The molecule has 0 radical (unpaired) electrons. The number of carbonyl (C=O) groups is 2. The van der Waals surface area contributed by atoms with Gasteiger partial charge in [0.15, 0.2) is 0 Å². The fourth-order valence-corrected chi connectivity index (χ4v) is 4.17. The minimum atomic E-state index is 0.112. The molecule has 0 heterocycles. The third kappa shape index (κ3) is 1.46. The fourth-order valence-electron chi connectivity index (χ4n) is 4.17. The van der Waals surface area contributed by atoms with Crippen LogP contribution >= 0.6 is 0 Å². The van der Waals surface area contributed by atoms with Crippen LogP contribution < -0.4 is 0 Å². The first-order valence-corrected chi connectivity index (χ1v) is 6.86. The lowest BCUT2D eigenvalue weighted by Crippen LogP contribution is -2.49. The minimum Gasteiger partial charge on any atom is -0.299 e. The Morgan fingerprint density at radius 2 is 0.812 bits per heavy atom. The Morgan fingerprint density at radius 3 is 1.06 bits per heavy atom. The van der Waals surface area contributed by atoms with Crippen molar-refractivity contribution in [2.24, 2.45) is 23.7 Å². The van der Waals surface area contributed by atoms with Gasteiger partial charge in [-0.15, -0.1) is 0 Å². The van der Waals surface area contributed by atoms with E-state index in [1.54, 1.807) is 0 Å². The fraction of sp³-hybridized carbons (Fsp3) is 0.857. The van der Waals surface area contributed by atoms with E-state index in [-0.39, 0.29) is 23.7 Å². The number of hydrogen-bond donors (Lipinski definition) is 0. The van der Waals surface area contributed by atoms with E-state index in [0.29, 0.717) is 11.6 Å². The molecule has 2 nitrogen and oxygen atoms in total. The van der Waals surface area contributed by atoms with Gasteiger partial charge in [0.2, 0.25) is 0 Å². The quantitative estimate of drug-likeness (QED) is 0.629. The number of hydrogen-bond acceptors (Lipinski definition) is 2. The predicted molar refractivity (Wildman–Crippen MR) is 60.9 cm³/mol. The van der Waals surface area contributed by atoms with Crippen molar-refractivity contribution >= 4 is 11.6 Å². The number of fused-ring (bicyclic) bond motifs is 2. The van der Waals surface area contributed by atoms with Crippen molar-refractivity contribution in [3.05, 3.63) is 0 Å². The Balaban J connectivity index is 1.89. The second-order valence-corrected chi connectivity index (χ2v) is 5.80. The van der Waals surface area contributed by atoms with Crippen molar-refractivity contribution in [1.82, 2.24) is 0 Å². The molecule has 0 bridgehead atoms. The van der Waals surface area contributed by atoms with Crippen molar-refractivity contribution in [2.75, 3.05) is 0 Å². The molecule has 16 heavy (non-hydrogen) atoms. The molecule has 3 aliphatic carbocycles. The number of rotatable bonds is 0. The van der Waals surface area contributed by atoms with Crippen LogP contribution in [0.4, 0.5) is 0 Å². The second-order valence-electron chi connectivity index (χ2n) is 5.80. The summed E-state index contributed by atoms with van der Waals surface area (Å²) in [5.74, 6) is 1.35. The Hall–Kier alpha value is -0.660. The molecule has 0 aromatic carbocycles. The highest BCUT2D eigenvalue weighted by Gasteiger charge is 2.49. The van der Waals surface area contributed by atoms with E-state index >= 15 is 0 Å². The average Bonchev–Trinajstić information content (AvgIpc) is 2.36. The summed E-state index contributed by atoms with van der Waals surface area (Å²) in [5.41, 5.74) is 0. The molecule has 4 atom stereocenters. The molecule has 3 saturated carbocycles. The van der Waals surface area contributed by atoms with Gasteiger partial charge in [0.1, 0.15) is 11.6 Å². The molecule has 0 amide bonds. The Bertz CT molecular complexity index is 261. The molecule has 3 rings (SSSR count). The van der Waals surface area contributed by atoms with Crippen LogP contribution in [-0.4, -0.2) is 11.6 Å². The molecule has 4 unspecified atom stereocenters. The van der Waals surface area contributed by atoms with Crippen molar-refractivity contribution in [3.8, 4) is 0 Å². The smallest absolute Gasteiger partial charge is 0.140 e. The van der Waals surface area contributed by atoms with E-state index in [1.165, 1.54) is 0 Å². The van der Waals surface area contributed by atoms with Gasteiger partial charge in [-0.1, -0.05) is 25.7 Å². The Labute approximate surface area is 96.8 Å². The highest BCUT2D eigenvalue weighted by Crippen LogP contribution is 2.45. The number of carbonyl (C=O) groups excluding carboxylic acids is 2. The molecular formula is C14H20O2.